The molecule has 0 bridgehead atoms. The molecule has 0 atom stereocenters. The van der Waals surface area contributed by atoms with Gasteiger partial charge in [-0.3, -0.25) is 10.1 Å². The Hall–Kier alpha value is -1.67. The predicted octanol–water partition coefficient (Wildman–Crippen LogP) is 3.74. The third kappa shape index (κ3) is 3.95. The van der Waals surface area contributed by atoms with E-state index in [1.807, 2.05) is 26.0 Å². The van der Waals surface area contributed by atoms with E-state index in [0.29, 0.717) is 11.3 Å². The maximum atomic E-state index is 12.2. The fourth-order valence-electron chi connectivity index (χ4n) is 1.87. The lowest BCUT2D eigenvalue weighted by molar-refractivity contribution is 0.0977. The Morgan fingerprint density at radius 2 is 1.82 bits per heavy atom. The highest BCUT2D eigenvalue weighted by Crippen LogP contribution is 2.26. The first kappa shape index (κ1) is 16.7. The fraction of sp³-hybridized carbons (Fsp3) is 0.125. The van der Waals surface area contributed by atoms with Gasteiger partial charge in [0, 0.05) is 3.57 Å². The summed E-state index contributed by atoms with van der Waals surface area (Å²) in [6, 6.07) is 10.7. The Balaban J connectivity index is 2.09. The van der Waals surface area contributed by atoms with Crippen molar-refractivity contribution >= 4 is 51.5 Å². The van der Waals surface area contributed by atoms with E-state index in [1.165, 1.54) is 0 Å². The Kier molecular flexibility index (Phi) is 5.36. The molecule has 1 amide bonds. The van der Waals surface area contributed by atoms with Gasteiger partial charge in [0.1, 0.15) is 5.75 Å². The molecule has 0 spiro atoms. The van der Waals surface area contributed by atoms with Crippen LogP contribution in [0.5, 0.6) is 5.75 Å². The zero-order valence-electron chi connectivity index (χ0n) is 12.1. The van der Waals surface area contributed by atoms with E-state index in [-0.39, 0.29) is 16.8 Å². The van der Waals surface area contributed by atoms with Crippen LogP contribution < -0.4 is 10.6 Å². The van der Waals surface area contributed by atoms with E-state index in [9.17, 15) is 9.90 Å². The molecule has 0 aromatic heterocycles. The molecule has 3 N–H and O–H groups in total. The molecule has 114 valence electrons. The number of amides is 1. The van der Waals surface area contributed by atoms with Crippen LogP contribution in [0.4, 0.5) is 5.69 Å². The van der Waals surface area contributed by atoms with Crippen molar-refractivity contribution in [1.29, 1.82) is 0 Å². The summed E-state index contributed by atoms with van der Waals surface area (Å²) >= 11 is 7.23. The highest BCUT2D eigenvalue weighted by Gasteiger charge is 2.12. The van der Waals surface area contributed by atoms with Crippen molar-refractivity contribution < 1.29 is 9.90 Å². The molecular weight excluding hydrogens is 411 g/mol. The van der Waals surface area contributed by atoms with E-state index in [0.717, 1.165) is 14.7 Å². The monoisotopic (exact) mass is 426 g/mol. The maximum Gasteiger partial charge on any atom is 0.258 e. The van der Waals surface area contributed by atoms with Crippen LogP contribution >= 0.6 is 34.8 Å². The van der Waals surface area contributed by atoms with Gasteiger partial charge in [0.2, 0.25) is 0 Å². The molecule has 2 rings (SSSR count). The number of anilines is 1. The van der Waals surface area contributed by atoms with Gasteiger partial charge in [-0.25, -0.2) is 0 Å². The van der Waals surface area contributed by atoms with E-state index >= 15 is 0 Å². The Morgan fingerprint density at radius 3 is 2.50 bits per heavy atom. The minimum absolute atomic E-state index is 0.0917. The van der Waals surface area contributed by atoms with Gasteiger partial charge in [-0.15, -0.1) is 0 Å². The van der Waals surface area contributed by atoms with E-state index in [4.69, 9.17) is 12.2 Å². The highest BCUT2D eigenvalue weighted by atomic mass is 127. The summed E-state index contributed by atoms with van der Waals surface area (Å²) < 4.78 is 0.842. The molecule has 22 heavy (non-hydrogen) atoms. The third-order valence-electron chi connectivity index (χ3n) is 3.21. The molecule has 0 saturated heterocycles. The largest absolute Gasteiger partial charge is 0.506 e. The average Bonchev–Trinajstić information content (AvgIpc) is 2.45. The number of aryl methyl sites for hydroxylation is 2. The van der Waals surface area contributed by atoms with Crippen molar-refractivity contribution in [2.24, 2.45) is 0 Å². The number of rotatable bonds is 2. The molecule has 0 aliphatic rings. The van der Waals surface area contributed by atoms with Crippen LogP contribution in [0, 0.1) is 17.4 Å². The maximum absolute atomic E-state index is 12.2. The number of hydrogen-bond donors (Lipinski definition) is 3. The highest BCUT2D eigenvalue weighted by molar-refractivity contribution is 14.1. The molecule has 0 saturated carbocycles. The second kappa shape index (κ2) is 7.06. The van der Waals surface area contributed by atoms with Gasteiger partial charge >= 0.3 is 0 Å². The van der Waals surface area contributed by atoms with Crippen molar-refractivity contribution in [1.82, 2.24) is 5.32 Å². The number of phenolic OH excluding ortho intramolecular Hbond substituents is 1. The first-order valence-corrected chi connectivity index (χ1v) is 8.04. The number of aromatic hydroxyl groups is 1. The van der Waals surface area contributed by atoms with Gasteiger partial charge < -0.3 is 10.4 Å². The SMILES string of the molecule is Cc1cc(O)c(NC(=S)NC(=O)c2ccccc2I)cc1C. The molecular formula is C16H15IN2O2S. The molecule has 0 heterocycles. The van der Waals surface area contributed by atoms with Crippen LogP contribution in [-0.4, -0.2) is 16.1 Å². The number of carbonyl (C=O) groups excluding carboxylic acids is 1. The van der Waals surface area contributed by atoms with Crippen LogP contribution in [0.2, 0.25) is 0 Å². The van der Waals surface area contributed by atoms with Crippen LogP contribution in [0.3, 0.4) is 0 Å². The minimum atomic E-state index is -0.286. The average molecular weight is 426 g/mol. The van der Waals surface area contributed by atoms with E-state index in [1.54, 1.807) is 24.3 Å². The number of nitrogens with one attached hydrogen (secondary N) is 2. The lowest BCUT2D eigenvalue weighted by Crippen LogP contribution is -2.34. The summed E-state index contributed by atoms with van der Waals surface area (Å²) in [6.07, 6.45) is 0. The van der Waals surface area contributed by atoms with Gasteiger partial charge in [0.15, 0.2) is 5.11 Å². The third-order valence-corrected chi connectivity index (χ3v) is 4.35. The number of benzene rings is 2. The van der Waals surface area contributed by atoms with Crippen LogP contribution in [0.1, 0.15) is 21.5 Å². The quantitative estimate of drug-likeness (QED) is 0.389. The molecule has 0 aliphatic heterocycles. The first-order chi connectivity index (χ1) is 10.4. The van der Waals surface area contributed by atoms with Crippen molar-refractivity contribution in [3.8, 4) is 5.75 Å². The molecule has 2 aromatic carbocycles. The zero-order chi connectivity index (χ0) is 16.3. The van der Waals surface area contributed by atoms with Gasteiger partial charge in [0.25, 0.3) is 5.91 Å². The lowest BCUT2D eigenvalue weighted by Gasteiger charge is -2.13. The lowest BCUT2D eigenvalue weighted by atomic mass is 10.1. The van der Waals surface area contributed by atoms with Crippen LogP contribution in [0.25, 0.3) is 0 Å². The number of phenols is 1. The first-order valence-electron chi connectivity index (χ1n) is 6.55. The van der Waals surface area contributed by atoms with E-state index in [2.05, 4.69) is 33.2 Å². The van der Waals surface area contributed by atoms with Crippen LogP contribution in [-0.2, 0) is 0 Å². The van der Waals surface area contributed by atoms with Gasteiger partial charge in [-0.05, 0) is 84.0 Å². The van der Waals surface area contributed by atoms with Gasteiger partial charge in [0.05, 0.1) is 11.3 Å². The summed E-state index contributed by atoms with van der Waals surface area (Å²) in [5.41, 5.74) is 3.02. The number of hydrogen-bond acceptors (Lipinski definition) is 3. The Bertz CT molecular complexity index is 747. The smallest absolute Gasteiger partial charge is 0.258 e. The molecule has 0 unspecified atom stereocenters. The second-order valence-electron chi connectivity index (χ2n) is 4.84. The van der Waals surface area contributed by atoms with Gasteiger partial charge in [-0.2, -0.15) is 0 Å². The summed E-state index contributed by atoms with van der Waals surface area (Å²) in [4.78, 5) is 12.2. The standard InChI is InChI=1S/C16H15IN2O2S/c1-9-7-13(14(20)8-10(9)2)18-16(22)19-15(21)11-5-3-4-6-12(11)17/h3-8,20H,1-2H3,(H2,18,19,21,22). The van der Waals surface area contributed by atoms with Crippen LogP contribution in [0.15, 0.2) is 36.4 Å². The molecule has 6 heteroatoms. The number of thiocarbonyl (C=S) groups is 1. The molecule has 2 aromatic rings. The van der Waals surface area contributed by atoms with E-state index < -0.39 is 0 Å². The second-order valence-corrected chi connectivity index (χ2v) is 6.41. The Labute approximate surface area is 148 Å². The van der Waals surface area contributed by atoms with Crippen molar-refractivity contribution in [2.45, 2.75) is 13.8 Å². The topological polar surface area (TPSA) is 61.4 Å². The zero-order valence-corrected chi connectivity index (χ0v) is 15.1. The summed E-state index contributed by atoms with van der Waals surface area (Å²) in [6.45, 7) is 3.85. The van der Waals surface area contributed by atoms with Crippen molar-refractivity contribution in [2.75, 3.05) is 5.32 Å². The summed E-state index contributed by atoms with van der Waals surface area (Å²) in [7, 11) is 0. The predicted molar refractivity (Wildman–Crippen MR) is 100 cm³/mol. The van der Waals surface area contributed by atoms with Gasteiger partial charge in [-0.1, -0.05) is 12.1 Å². The normalized spacial score (nSPS) is 10.1. The number of halogens is 1. The fourth-order valence-corrected chi connectivity index (χ4v) is 2.71. The molecule has 0 aliphatic carbocycles. The molecule has 0 fully saturated rings. The number of carbonyl (C=O) groups is 1. The summed E-state index contributed by atoms with van der Waals surface area (Å²) in [5.74, 6) is -0.195. The van der Waals surface area contributed by atoms with Crippen molar-refractivity contribution in [3.63, 3.8) is 0 Å². The Morgan fingerprint density at radius 1 is 1.18 bits per heavy atom. The molecule has 4 nitrogen and oxygen atoms in total. The van der Waals surface area contributed by atoms with Crippen molar-refractivity contribution in [3.05, 3.63) is 56.7 Å². The molecule has 0 radical (unpaired) electrons. The minimum Gasteiger partial charge on any atom is -0.506 e. The summed E-state index contributed by atoms with van der Waals surface area (Å²) in [5, 5.41) is 15.5.